The molecule has 0 bridgehead atoms. The van der Waals surface area contributed by atoms with Crippen LogP contribution in [0.3, 0.4) is 0 Å². The molecule has 1 atom stereocenters. The molecular weight excluding hydrogens is 421 g/mol. The molecular formula is C22H19F3N6O. The fourth-order valence-corrected chi connectivity index (χ4v) is 3.58. The molecule has 0 aliphatic rings. The van der Waals surface area contributed by atoms with Gasteiger partial charge in [-0.3, -0.25) is 9.36 Å². The number of alkyl halides is 3. The van der Waals surface area contributed by atoms with E-state index in [4.69, 9.17) is 11.5 Å². The first-order valence-corrected chi connectivity index (χ1v) is 9.62. The fraction of sp³-hybridized carbons (Fsp3) is 0.136. The third kappa shape index (κ3) is 3.70. The smallest absolute Gasteiger partial charge is 0.393 e. The van der Waals surface area contributed by atoms with Crippen molar-refractivity contribution >= 4 is 28.1 Å². The maximum absolute atomic E-state index is 13.7. The molecule has 4 rings (SSSR count). The third-order valence-corrected chi connectivity index (χ3v) is 5.11. The largest absolute Gasteiger partial charge is 0.417 e. The predicted molar refractivity (Wildman–Crippen MR) is 117 cm³/mol. The van der Waals surface area contributed by atoms with E-state index in [0.29, 0.717) is 11.4 Å². The molecule has 0 spiro atoms. The van der Waals surface area contributed by atoms with Crippen LogP contribution in [0.5, 0.6) is 0 Å². The van der Waals surface area contributed by atoms with Crippen molar-refractivity contribution < 1.29 is 13.2 Å². The van der Waals surface area contributed by atoms with Crippen molar-refractivity contribution in [2.75, 3.05) is 16.8 Å². The zero-order valence-corrected chi connectivity index (χ0v) is 16.9. The molecule has 2 heterocycles. The van der Waals surface area contributed by atoms with Crippen LogP contribution >= 0.6 is 0 Å². The molecule has 0 aliphatic heterocycles. The van der Waals surface area contributed by atoms with Crippen molar-refractivity contribution in [3.8, 4) is 5.69 Å². The molecule has 0 saturated heterocycles. The number of hydrogen-bond donors (Lipinski definition) is 3. The number of nitrogens with one attached hydrogen (secondary N) is 1. The van der Waals surface area contributed by atoms with Crippen molar-refractivity contribution in [3.05, 3.63) is 82.5 Å². The number of hydrogen-bond acceptors (Lipinski definition) is 6. The highest BCUT2D eigenvalue weighted by Gasteiger charge is 2.34. The average Bonchev–Trinajstić information content (AvgIpc) is 2.76. The highest BCUT2D eigenvalue weighted by molar-refractivity contribution is 5.86. The number of fused-ring (bicyclic) bond motifs is 1. The topological polar surface area (TPSA) is 112 Å². The van der Waals surface area contributed by atoms with E-state index in [1.165, 1.54) is 23.0 Å². The van der Waals surface area contributed by atoms with E-state index in [2.05, 4.69) is 15.3 Å². The molecule has 4 aromatic rings. The van der Waals surface area contributed by atoms with Crippen LogP contribution in [0.2, 0.25) is 0 Å². The van der Waals surface area contributed by atoms with E-state index in [9.17, 15) is 18.0 Å². The summed E-state index contributed by atoms with van der Waals surface area (Å²) in [7, 11) is 0. The maximum atomic E-state index is 13.7. The summed E-state index contributed by atoms with van der Waals surface area (Å²) in [6.45, 7) is 1.74. The van der Waals surface area contributed by atoms with Crippen molar-refractivity contribution in [1.29, 1.82) is 0 Å². The number of aromatic nitrogens is 3. The number of para-hydroxylation sites is 1. The van der Waals surface area contributed by atoms with Gasteiger partial charge in [0.25, 0.3) is 5.56 Å². The highest BCUT2D eigenvalue weighted by atomic mass is 19.4. The standard InChI is InChI=1S/C22H19F3N6O/c1-12(30-20-18(26)19(27)28-11-29-20)16-10-13-6-5-9-15(22(23,24)25)17(13)21(32)31(16)14-7-3-2-4-8-14/h2-12H,26H2,1H3,(H3,27,28,29,30)/t12-/m0/s1. The SMILES string of the molecule is C[C@H](Nc1ncnc(N)c1N)c1cc2cccc(C(F)(F)F)c2c(=O)n1-c1ccccc1. The van der Waals surface area contributed by atoms with E-state index in [1.54, 1.807) is 43.3 Å². The Morgan fingerprint density at radius 2 is 1.75 bits per heavy atom. The van der Waals surface area contributed by atoms with Crippen LogP contribution in [-0.4, -0.2) is 14.5 Å². The number of nitrogens with zero attached hydrogens (tertiary/aromatic N) is 3. The van der Waals surface area contributed by atoms with Crippen LogP contribution in [-0.2, 0) is 6.18 Å². The minimum atomic E-state index is -4.68. The second-order valence-corrected chi connectivity index (χ2v) is 7.20. The van der Waals surface area contributed by atoms with Gasteiger partial charge >= 0.3 is 6.18 Å². The summed E-state index contributed by atoms with van der Waals surface area (Å²) in [5, 5.41) is 2.86. The van der Waals surface area contributed by atoms with Gasteiger partial charge in [-0.1, -0.05) is 30.3 Å². The molecule has 0 fully saturated rings. The number of pyridine rings is 1. The lowest BCUT2D eigenvalue weighted by atomic mass is 10.0. The van der Waals surface area contributed by atoms with Crippen molar-refractivity contribution in [2.45, 2.75) is 19.1 Å². The maximum Gasteiger partial charge on any atom is 0.417 e. The van der Waals surface area contributed by atoms with E-state index in [-0.39, 0.29) is 22.7 Å². The molecule has 0 aliphatic carbocycles. The molecule has 10 heteroatoms. The summed E-state index contributed by atoms with van der Waals surface area (Å²) in [4.78, 5) is 21.3. The summed E-state index contributed by atoms with van der Waals surface area (Å²) in [6.07, 6.45) is -3.44. The van der Waals surface area contributed by atoms with E-state index < -0.39 is 28.7 Å². The summed E-state index contributed by atoms with van der Waals surface area (Å²) in [6, 6.07) is 13.1. The lowest BCUT2D eigenvalue weighted by molar-refractivity contribution is -0.136. The van der Waals surface area contributed by atoms with E-state index >= 15 is 0 Å². The molecule has 0 unspecified atom stereocenters. The van der Waals surface area contributed by atoms with Crippen LogP contribution in [0.4, 0.5) is 30.5 Å². The summed E-state index contributed by atoms with van der Waals surface area (Å²) >= 11 is 0. The van der Waals surface area contributed by atoms with Gasteiger partial charge < -0.3 is 16.8 Å². The summed E-state index contributed by atoms with van der Waals surface area (Å²) in [5.41, 5.74) is 10.9. The van der Waals surface area contributed by atoms with Gasteiger partial charge in [0.05, 0.1) is 17.0 Å². The van der Waals surface area contributed by atoms with E-state index in [0.717, 1.165) is 6.07 Å². The van der Waals surface area contributed by atoms with Gasteiger partial charge in [0.2, 0.25) is 0 Å². The van der Waals surface area contributed by atoms with Gasteiger partial charge in [0.1, 0.15) is 12.0 Å². The number of anilines is 3. The normalized spacial score (nSPS) is 12.6. The Morgan fingerprint density at radius 1 is 1.03 bits per heavy atom. The lowest BCUT2D eigenvalue weighted by Crippen LogP contribution is -2.27. The van der Waals surface area contributed by atoms with Gasteiger partial charge in [-0.15, -0.1) is 0 Å². The first-order chi connectivity index (χ1) is 15.2. The molecule has 5 N–H and O–H groups in total. The molecule has 2 aromatic carbocycles. The lowest BCUT2D eigenvalue weighted by Gasteiger charge is -2.22. The monoisotopic (exact) mass is 440 g/mol. The van der Waals surface area contributed by atoms with Crippen LogP contribution in [0, 0.1) is 0 Å². The second kappa shape index (κ2) is 7.88. The number of nitrogen functional groups attached to an aromatic ring is 2. The number of rotatable bonds is 4. The molecule has 0 radical (unpaired) electrons. The summed E-state index contributed by atoms with van der Waals surface area (Å²) < 4.78 is 42.2. The molecule has 32 heavy (non-hydrogen) atoms. The van der Waals surface area contributed by atoms with Crippen molar-refractivity contribution in [3.63, 3.8) is 0 Å². The Balaban J connectivity index is 1.98. The zero-order chi connectivity index (χ0) is 23.0. The number of nitrogens with two attached hydrogens (primary N) is 2. The average molecular weight is 440 g/mol. The van der Waals surface area contributed by atoms with Gasteiger partial charge in [-0.2, -0.15) is 13.2 Å². The molecule has 0 amide bonds. The summed E-state index contributed by atoms with van der Waals surface area (Å²) in [5.74, 6) is 0.338. The minimum absolute atomic E-state index is 0.0866. The van der Waals surface area contributed by atoms with Gasteiger partial charge in [0, 0.05) is 11.4 Å². The number of benzene rings is 2. The highest BCUT2D eigenvalue weighted by Crippen LogP contribution is 2.35. The molecule has 164 valence electrons. The zero-order valence-electron chi connectivity index (χ0n) is 16.9. The molecule has 7 nitrogen and oxygen atoms in total. The second-order valence-electron chi connectivity index (χ2n) is 7.20. The third-order valence-electron chi connectivity index (χ3n) is 5.11. The first-order valence-electron chi connectivity index (χ1n) is 9.62. The van der Waals surface area contributed by atoms with E-state index in [1.807, 2.05) is 0 Å². The Labute approximate surface area is 180 Å². The van der Waals surface area contributed by atoms with Crippen molar-refractivity contribution in [1.82, 2.24) is 14.5 Å². The van der Waals surface area contributed by atoms with Crippen LogP contribution < -0.4 is 22.3 Å². The first kappa shape index (κ1) is 21.2. The Hall–Kier alpha value is -4.08. The molecule has 0 saturated carbocycles. The van der Waals surface area contributed by atoms with Gasteiger partial charge in [-0.05, 0) is 36.6 Å². The number of halogens is 3. The van der Waals surface area contributed by atoms with Crippen LogP contribution in [0.25, 0.3) is 16.5 Å². The Kier molecular flexibility index (Phi) is 5.21. The molecule has 2 aromatic heterocycles. The Bertz CT molecular complexity index is 1350. The Morgan fingerprint density at radius 3 is 2.44 bits per heavy atom. The quantitative estimate of drug-likeness (QED) is 0.440. The van der Waals surface area contributed by atoms with Crippen LogP contribution in [0.1, 0.15) is 24.2 Å². The predicted octanol–water partition coefficient (Wildman–Crippen LogP) is 4.14. The minimum Gasteiger partial charge on any atom is -0.393 e. The fourth-order valence-electron chi connectivity index (χ4n) is 3.58. The van der Waals surface area contributed by atoms with Gasteiger partial charge in [-0.25, -0.2) is 9.97 Å². The van der Waals surface area contributed by atoms with Crippen LogP contribution in [0.15, 0.2) is 65.7 Å². The van der Waals surface area contributed by atoms with Crippen molar-refractivity contribution in [2.24, 2.45) is 0 Å². The van der Waals surface area contributed by atoms with Gasteiger partial charge in [0.15, 0.2) is 11.6 Å².